The molecule has 27 heavy (non-hydrogen) atoms. The second-order valence-corrected chi connectivity index (χ2v) is 8.04. The summed E-state index contributed by atoms with van der Waals surface area (Å²) in [4.78, 5) is 16.2. The van der Waals surface area contributed by atoms with Gasteiger partial charge in [0.2, 0.25) is 0 Å². The average molecular weight is 385 g/mol. The summed E-state index contributed by atoms with van der Waals surface area (Å²) in [7, 11) is -1.94. The van der Waals surface area contributed by atoms with Gasteiger partial charge >= 0.3 is 5.97 Å². The number of methoxy groups -OCH3 is 1. The molecule has 0 saturated heterocycles. The first kappa shape index (κ1) is 18.8. The van der Waals surface area contributed by atoms with Gasteiger partial charge in [-0.1, -0.05) is 42.5 Å². The van der Waals surface area contributed by atoms with Crippen molar-refractivity contribution in [3.63, 3.8) is 0 Å². The number of oxazole rings is 1. The van der Waals surface area contributed by atoms with Crippen LogP contribution in [0.2, 0.25) is 0 Å². The maximum absolute atomic E-state index is 11.7. The Balaban J connectivity index is 2.02. The SMILES string of the molecule is COC(=O)CCc1nc(-c2ccc(S(C)(=O)=O)cc2)c(-c2ccccc2)o1. The molecule has 0 spiro atoms. The van der Waals surface area contributed by atoms with Gasteiger partial charge in [0.15, 0.2) is 21.5 Å². The number of aryl methyl sites for hydroxylation is 1. The second-order valence-electron chi connectivity index (χ2n) is 6.02. The van der Waals surface area contributed by atoms with Gasteiger partial charge in [-0.05, 0) is 12.1 Å². The molecule has 0 radical (unpaired) electrons. The van der Waals surface area contributed by atoms with Crippen molar-refractivity contribution < 1.29 is 22.4 Å². The van der Waals surface area contributed by atoms with Gasteiger partial charge in [0.05, 0.1) is 18.4 Å². The zero-order valence-corrected chi connectivity index (χ0v) is 15.8. The van der Waals surface area contributed by atoms with E-state index in [1.807, 2.05) is 30.3 Å². The fourth-order valence-corrected chi connectivity index (χ4v) is 3.25. The predicted molar refractivity (Wildman–Crippen MR) is 101 cm³/mol. The van der Waals surface area contributed by atoms with E-state index in [1.165, 1.54) is 13.4 Å². The number of rotatable bonds is 6. The first-order chi connectivity index (χ1) is 12.9. The van der Waals surface area contributed by atoms with Crippen molar-refractivity contribution in [1.82, 2.24) is 4.98 Å². The lowest BCUT2D eigenvalue weighted by Gasteiger charge is -2.03. The van der Waals surface area contributed by atoms with Crippen LogP contribution < -0.4 is 0 Å². The molecule has 0 atom stereocenters. The Bertz CT molecular complexity index is 1040. The lowest BCUT2D eigenvalue weighted by atomic mass is 10.1. The maximum atomic E-state index is 11.7. The summed E-state index contributed by atoms with van der Waals surface area (Å²) in [6.07, 6.45) is 1.64. The number of sulfone groups is 1. The molecule has 6 nitrogen and oxygen atoms in total. The lowest BCUT2D eigenvalue weighted by Crippen LogP contribution is -2.01. The Kier molecular flexibility index (Phi) is 5.41. The summed E-state index contributed by atoms with van der Waals surface area (Å²) >= 11 is 0. The first-order valence-electron chi connectivity index (χ1n) is 8.31. The zero-order chi connectivity index (χ0) is 19.4. The number of esters is 1. The fourth-order valence-electron chi connectivity index (χ4n) is 2.62. The summed E-state index contributed by atoms with van der Waals surface area (Å²) in [6.45, 7) is 0. The van der Waals surface area contributed by atoms with Crippen molar-refractivity contribution in [3.05, 3.63) is 60.5 Å². The number of carbonyl (C=O) groups is 1. The lowest BCUT2D eigenvalue weighted by molar-refractivity contribution is -0.140. The van der Waals surface area contributed by atoms with Crippen LogP contribution in [0.4, 0.5) is 0 Å². The van der Waals surface area contributed by atoms with E-state index in [1.54, 1.807) is 24.3 Å². The molecule has 0 saturated carbocycles. The molecule has 0 amide bonds. The van der Waals surface area contributed by atoms with Crippen LogP contribution in [0, 0.1) is 0 Å². The monoisotopic (exact) mass is 385 g/mol. The Labute approximate surface area is 157 Å². The zero-order valence-electron chi connectivity index (χ0n) is 15.0. The van der Waals surface area contributed by atoms with Gasteiger partial charge in [-0.15, -0.1) is 0 Å². The number of benzene rings is 2. The Hall–Kier alpha value is -2.93. The van der Waals surface area contributed by atoms with Crippen LogP contribution in [0.5, 0.6) is 0 Å². The highest BCUT2D eigenvalue weighted by molar-refractivity contribution is 7.90. The highest BCUT2D eigenvalue weighted by Crippen LogP contribution is 2.33. The van der Waals surface area contributed by atoms with E-state index >= 15 is 0 Å². The van der Waals surface area contributed by atoms with E-state index < -0.39 is 9.84 Å². The van der Waals surface area contributed by atoms with E-state index in [9.17, 15) is 13.2 Å². The summed E-state index contributed by atoms with van der Waals surface area (Å²) in [5.74, 6) is 0.650. The van der Waals surface area contributed by atoms with Crippen molar-refractivity contribution in [2.45, 2.75) is 17.7 Å². The molecule has 3 aromatic rings. The summed E-state index contributed by atoms with van der Waals surface area (Å²) < 4.78 is 33.9. The van der Waals surface area contributed by atoms with Crippen molar-refractivity contribution in [2.75, 3.05) is 13.4 Å². The molecule has 1 aromatic heterocycles. The van der Waals surface area contributed by atoms with Gasteiger partial charge in [-0.2, -0.15) is 0 Å². The Morgan fingerprint density at radius 3 is 2.30 bits per heavy atom. The van der Waals surface area contributed by atoms with E-state index in [2.05, 4.69) is 9.72 Å². The topological polar surface area (TPSA) is 86.5 Å². The largest absolute Gasteiger partial charge is 0.469 e. The molecule has 0 fully saturated rings. The molecule has 0 aliphatic carbocycles. The minimum atomic E-state index is -3.28. The minimum absolute atomic E-state index is 0.164. The van der Waals surface area contributed by atoms with E-state index in [-0.39, 0.29) is 17.3 Å². The molecule has 3 rings (SSSR count). The van der Waals surface area contributed by atoms with Crippen molar-refractivity contribution in [1.29, 1.82) is 0 Å². The van der Waals surface area contributed by atoms with Crippen LogP contribution >= 0.6 is 0 Å². The number of hydrogen-bond donors (Lipinski definition) is 0. The van der Waals surface area contributed by atoms with Crippen molar-refractivity contribution >= 4 is 15.8 Å². The molecule has 0 bridgehead atoms. The van der Waals surface area contributed by atoms with Crippen molar-refractivity contribution in [2.24, 2.45) is 0 Å². The van der Waals surface area contributed by atoms with Crippen LogP contribution in [-0.2, 0) is 25.8 Å². The standard InChI is InChI=1S/C20H19NO5S/c1-25-18(22)13-12-17-21-19(20(26-17)15-6-4-3-5-7-15)14-8-10-16(11-9-14)27(2,23)24/h3-11H,12-13H2,1-2H3. The first-order valence-corrected chi connectivity index (χ1v) is 10.2. The molecule has 1 heterocycles. The molecular formula is C20H19NO5S. The third kappa shape index (κ3) is 4.43. The number of nitrogens with zero attached hydrogens (tertiary/aromatic N) is 1. The highest BCUT2D eigenvalue weighted by Gasteiger charge is 2.18. The number of carbonyl (C=O) groups excluding carboxylic acids is 1. The molecule has 0 aliphatic rings. The number of ether oxygens (including phenoxy) is 1. The Morgan fingerprint density at radius 1 is 1.04 bits per heavy atom. The van der Waals surface area contributed by atoms with Crippen LogP contribution in [0.1, 0.15) is 12.3 Å². The summed E-state index contributed by atoms with van der Waals surface area (Å²) in [5, 5.41) is 0. The fraction of sp³-hybridized carbons (Fsp3) is 0.200. The van der Waals surface area contributed by atoms with Crippen molar-refractivity contribution in [3.8, 4) is 22.6 Å². The number of hydrogen-bond acceptors (Lipinski definition) is 6. The molecule has 7 heteroatoms. The van der Waals surface area contributed by atoms with E-state index in [4.69, 9.17) is 4.42 Å². The van der Waals surface area contributed by atoms with E-state index in [0.717, 1.165) is 11.1 Å². The molecule has 2 aromatic carbocycles. The normalized spacial score (nSPS) is 11.3. The van der Waals surface area contributed by atoms with E-state index in [0.29, 0.717) is 23.8 Å². The third-order valence-electron chi connectivity index (χ3n) is 4.03. The van der Waals surface area contributed by atoms with Gasteiger partial charge in [0, 0.05) is 23.8 Å². The summed E-state index contributed by atoms with van der Waals surface area (Å²) in [6, 6.07) is 16.0. The quantitative estimate of drug-likeness (QED) is 0.604. The molecular weight excluding hydrogens is 366 g/mol. The van der Waals surface area contributed by atoms with Crippen LogP contribution in [0.3, 0.4) is 0 Å². The van der Waals surface area contributed by atoms with Crippen LogP contribution in [0.15, 0.2) is 63.9 Å². The second kappa shape index (κ2) is 7.75. The third-order valence-corrected chi connectivity index (χ3v) is 5.16. The maximum Gasteiger partial charge on any atom is 0.306 e. The van der Waals surface area contributed by atoms with Gasteiger partial charge < -0.3 is 9.15 Å². The van der Waals surface area contributed by atoms with Gasteiger partial charge in [-0.3, -0.25) is 4.79 Å². The molecule has 140 valence electrons. The van der Waals surface area contributed by atoms with Gasteiger partial charge in [0.25, 0.3) is 0 Å². The summed E-state index contributed by atoms with van der Waals surface area (Å²) in [5.41, 5.74) is 2.17. The predicted octanol–water partition coefficient (Wildman–Crippen LogP) is 3.52. The minimum Gasteiger partial charge on any atom is -0.469 e. The van der Waals surface area contributed by atoms with Gasteiger partial charge in [-0.25, -0.2) is 13.4 Å². The average Bonchev–Trinajstić information content (AvgIpc) is 3.10. The van der Waals surface area contributed by atoms with Crippen LogP contribution in [0.25, 0.3) is 22.6 Å². The van der Waals surface area contributed by atoms with Crippen LogP contribution in [-0.4, -0.2) is 32.7 Å². The Morgan fingerprint density at radius 2 is 1.70 bits per heavy atom. The molecule has 0 N–H and O–H groups in total. The van der Waals surface area contributed by atoms with Gasteiger partial charge in [0.1, 0.15) is 5.69 Å². The highest BCUT2D eigenvalue weighted by atomic mass is 32.2. The number of aromatic nitrogens is 1. The molecule has 0 aliphatic heterocycles. The molecule has 0 unspecified atom stereocenters. The smallest absolute Gasteiger partial charge is 0.306 e.